The molecule has 1 atom stereocenters. The van der Waals surface area contributed by atoms with Crippen LogP contribution in [-0.2, 0) is 6.42 Å². The van der Waals surface area contributed by atoms with Crippen molar-refractivity contribution in [2.45, 2.75) is 25.9 Å². The van der Waals surface area contributed by atoms with Crippen molar-refractivity contribution in [1.29, 1.82) is 0 Å². The van der Waals surface area contributed by atoms with Gasteiger partial charge in [-0.1, -0.05) is 25.5 Å². The van der Waals surface area contributed by atoms with E-state index in [4.69, 9.17) is 14.9 Å². The fourth-order valence-electron chi connectivity index (χ4n) is 1.32. The SMILES string of the molecule is CCCc1cccc(OCC(O)CO)c1. The highest BCUT2D eigenvalue weighted by Gasteiger charge is 2.03. The molecule has 0 heterocycles. The van der Waals surface area contributed by atoms with Gasteiger partial charge in [0.15, 0.2) is 0 Å². The van der Waals surface area contributed by atoms with Crippen molar-refractivity contribution in [3.63, 3.8) is 0 Å². The maximum absolute atomic E-state index is 9.12. The normalized spacial score (nSPS) is 12.5. The van der Waals surface area contributed by atoms with Crippen LogP contribution < -0.4 is 4.74 Å². The number of aliphatic hydroxyl groups is 2. The fraction of sp³-hybridized carbons (Fsp3) is 0.500. The fourth-order valence-corrected chi connectivity index (χ4v) is 1.32. The molecule has 1 rings (SSSR count). The van der Waals surface area contributed by atoms with Crippen molar-refractivity contribution in [2.75, 3.05) is 13.2 Å². The molecule has 1 aromatic carbocycles. The average molecular weight is 210 g/mol. The molecule has 0 aliphatic rings. The van der Waals surface area contributed by atoms with Gasteiger partial charge in [0.1, 0.15) is 18.5 Å². The Morgan fingerprint density at radius 3 is 2.87 bits per heavy atom. The van der Waals surface area contributed by atoms with Crippen LogP contribution in [0.5, 0.6) is 5.75 Å². The summed E-state index contributed by atoms with van der Waals surface area (Å²) in [6.07, 6.45) is 1.32. The molecule has 0 aliphatic carbocycles. The molecule has 0 aliphatic heterocycles. The molecule has 84 valence electrons. The van der Waals surface area contributed by atoms with Crippen molar-refractivity contribution in [3.8, 4) is 5.75 Å². The van der Waals surface area contributed by atoms with Crippen molar-refractivity contribution >= 4 is 0 Å². The van der Waals surface area contributed by atoms with E-state index in [1.165, 1.54) is 5.56 Å². The van der Waals surface area contributed by atoms with Crippen LogP contribution in [0.25, 0.3) is 0 Å². The summed E-state index contributed by atoms with van der Waals surface area (Å²) in [5.74, 6) is 0.744. The van der Waals surface area contributed by atoms with Crippen LogP contribution in [0.3, 0.4) is 0 Å². The standard InChI is InChI=1S/C12H18O3/c1-2-4-10-5-3-6-12(7-10)15-9-11(14)8-13/h3,5-7,11,13-14H,2,4,8-9H2,1H3. The number of hydrogen-bond donors (Lipinski definition) is 2. The summed E-state index contributed by atoms with van der Waals surface area (Å²) in [5.41, 5.74) is 1.23. The average Bonchev–Trinajstić information content (AvgIpc) is 2.27. The lowest BCUT2D eigenvalue weighted by atomic mass is 10.1. The quantitative estimate of drug-likeness (QED) is 0.745. The number of rotatable bonds is 6. The third kappa shape index (κ3) is 4.32. The van der Waals surface area contributed by atoms with Gasteiger partial charge in [0.2, 0.25) is 0 Å². The Morgan fingerprint density at radius 1 is 1.40 bits per heavy atom. The van der Waals surface area contributed by atoms with Crippen LogP contribution in [0.2, 0.25) is 0 Å². The first-order chi connectivity index (χ1) is 7.26. The summed E-state index contributed by atoms with van der Waals surface area (Å²) in [5, 5.41) is 17.7. The monoisotopic (exact) mass is 210 g/mol. The summed E-state index contributed by atoms with van der Waals surface area (Å²) >= 11 is 0. The lowest BCUT2D eigenvalue weighted by Gasteiger charge is -2.10. The van der Waals surface area contributed by atoms with Crippen LogP contribution in [0.15, 0.2) is 24.3 Å². The molecule has 1 unspecified atom stereocenters. The molecule has 0 saturated carbocycles. The van der Waals surface area contributed by atoms with E-state index in [1.807, 2.05) is 18.2 Å². The van der Waals surface area contributed by atoms with E-state index in [9.17, 15) is 0 Å². The van der Waals surface area contributed by atoms with Crippen molar-refractivity contribution < 1.29 is 14.9 Å². The van der Waals surface area contributed by atoms with Crippen LogP contribution >= 0.6 is 0 Å². The van der Waals surface area contributed by atoms with Gasteiger partial charge in [0, 0.05) is 0 Å². The Morgan fingerprint density at radius 2 is 2.20 bits per heavy atom. The molecule has 15 heavy (non-hydrogen) atoms. The van der Waals surface area contributed by atoms with Gasteiger partial charge in [-0.2, -0.15) is 0 Å². The van der Waals surface area contributed by atoms with Gasteiger partial charge in [0.05, 0.1) is 6.61 Å². The first-order valence-electron chi connectivity index (χ1n) is 5.27. The van der Waals surface area contributed by atoms with Crippen LogP contribution in [0.1, 0.15) is 18.9 Å². The third-order valence-corrected chi connectivity index (χ3v) is 2.09. The molecule has 3 nitrogen and oxygen atoms in total. The number of aryl methyl sites for hydroxylation is 1. The Labute approximate surface area is 90.3 Å². The summed E-state index contributed by atoms with van der Waals surface area (Å²) < 4.78 is 5.34. The van der Waals surface area contributed by atoms with Crippen LogP contribution in [0.4, 0.5) is 0 Å². The van der Waals surface area contributed by atoms with Gasteiger partial charge in [-0.3, -0.25) is 0 Å². The van der Waals surface area contributed by atoms with E-state index in [2.05, 4.69) is 13.0 Å². The van der Waals surface area contributed by atoms with Crippen molar-refractivity contribution in [1.82, 2.24) is 0 Å². The van der Waals surface area contributed by atoms with Gasteiger partial charge in [0.25, 0.3) is 0 Å². The first-order valence-corrected chi connectivity index (χ1v) is 5.27. The minimum Gasteiger partial charge on any atom is -0.491 e. The first kappa shape index (κ1) is 12.0. The summed E-state index contributed by atoms with van der Waals surface area (Å²) in [6.45, 7) is 1.99. The number of hydrogen-bond acceptors (Lipinski definition) is 3. The number of benzene rings is 1. The number of aliphatic hydroxyl groups excluding tert-OH is 2. The summed E-state index contributed by atoms with van der Waals surface area (Å²) in [4.78, 5) is 0. The lowest BCUT2D eigenvalue weighted by Crippen LogP contribution is -2.21. The molecular formula is C12H18O3. The second kappa shape index (κ2) is 6.43. The molecule has 3 heteroatoms. The Balaban J connectivity index is 2.50. The van der Waals surface area contributed by atoms with Crippen molar-refractivity contribution in [2.24, 2.45) is 0 Å². The Bertz CT molecular complexity index is 286. The molecule has 0 aromatic heterocycles. The molecular weight excluding hydrogens is 192 g/mol. The van der Waals surface area contributed by atoms with Crippen LogP contribution in [0, 0.1) is 0 Å². The van der Waals surface area contributed by atoms with E-state index < -0.39 is 6.10 Å². The van der Waals surface area contributed by atoms with Crippen molar-refractivity contribution in [3.05, 3.63) is 29.8 Å². The maximum atomic E-state index is 9.12. The van der Waals surface area contributed by atoms with Gasteiger partial charge < -0.3 is 14.9 Å². The predicted molar refractivity (Wildman–Crippen MR) is 59.0 cm³/mol. The van der Waals surface area contributed by atoms with E-state index in [0.29, 0.717) is 0 Å². The zero-order chi connectivity index (χ0) is 11.1. The second-order valence-electron chi connectivity index (χ2n) is 3.54. The minimum atomic E-state index is -0.806. The molecule has 0 amide bonds. The highest BCUT2D eigenvalue weighted by atomic mass is 16.5. The topological polar surface area (TPSA) is 49.7 Å². The van der Waals surface area contributed by atoms with Gasteiger partial charge in [-0.15, -0.1) is 0 Å². The molecule has 0 saturated heterocycles. The highest BCUT2D eigenvalue weighted by Crippen LogP contribution is 2.14. The van der Waals surface area contributed by atoms with Crippen LogP contribution in [-0.4, -0.2) is 29.5 Å². The predicted octanol–water partition coefficient (Wildman–Crippen LogP) is 1.37. The van der Waals surface area contributed by atoms with Gasteiger partial charge >= 0.3 is 0 Å². The second-order valence-corrected chi connectivity index (χ2v) is 3.54. The summed E-state index contributed by atoms with van der Waals surface area (Å²) in [6, 6.07) is 7.81. The third-order valence-electron chi connectivity index (χ3n) is 2.09. The Kier molecular flexibility index (Phi) is 5.15. The zero-order valence-electron chi connectivity index (χ0n) is 9.02. The molecule has 0 bridgehead atoms. The summed E-state index contributed by atoms with van der Waals surface area (Å²) in [7, 11) is 0. The molecule has 0 fully saturated rings. The lowest BCUT2D eigenvalue weighted by molar-refractivity contribution is 0.0536. The minimum absolute atomic E-state index is 0.131. The Hall–Kier alpha value is -1.06. The molecule has 0 spiro atoms. The van der Waals surface area contributed by atoms with Gasteiger partial charge in [-0.25, -0.2) is 0 Å². The largest absolute Gasteiger partial charge is 0.491 e. The molecule has 0 radical (unpaired) electrons. The van der Waals surface area contributed by atoms with Gasteiger partial charge in [-0.05, 0) is 24.1 Å². The molecule has 1 aromatic rings. The smallest absolute Gasteiger partial charge is 0.119 e. The maximum Gasteiger partial charge on any atom is 0.119 e. The number of ether oxygens (including phenoxy) is 1. The van der Waals surface area contributed by atoms with E-state index in [1.54, 1.807) is 0 Å². The highest BCUT2D eigenvalue weighted by molar-refractivity contribution is 5.28. The molecule has 2 N–H and O–H groups in total. The van der Waals surface area contributed by atoms with E-state index >= 15 is 0 Å². The van der Waals surface area contributed by atoms with E-state index in [0.717, 1.165) is 18.6 Å². The zero-order valence-corrected chi connectivity index (χ0v) is 9.02. The van der Waals surface area contributed by atoms with E-state index in [-0.39, 0.29) is 13.2 Å².